The van der Waals surface area contributed by atoms with Crippen LogP contribution in [0.15, 0.2) is 36.4 Å². The first-order valence-corrected chi connectivity index (χ1v) is 11.7. The average molecular weight is 571 g/mol. The molecule has 0 fully saturated rings. The number of carbonyl (C=O) groups is 2. The Morgan fingerprint density at radius 1 is 0.806 bits per heavy atom. The number of nitrogens with zero attached hydrogens (tertiary/aromatic N) is 2. The Bertz CT molecular complexity index is 1060. The van der Waals surface area contributed by atoms with Crippen LogP contribution in [0.5, 0.6) is 0 Å². The molecule has 0 spiro atoms. The largest absolute Gasteiger partial charge is 0.465 e. The predicted octanol–water partition coefficient (Wildman–Crippen LogP) is 4.60. The fourth-order valence-corrected chi connectivity index (χ4v) is 3.10. The number of hydrogen-bond donors (Lipinski definition) is 0. The fourth-order valence-electron chi connectivity index (χ4n) is 2.75. The third-order valence-electron chi connectivity index (χ3n) is 4.47. The van der Waals surface area contributed by atoms with E-state index in [-0.39, 0.29) is 29.1 Å². The van der Waals surface area contributed by atoms with Gasteiger partial charge in [0.05, 0.1) is 43.9 Å². The van der Waals surface area contributed by atoms with Gasteiger partial charge in [-0.2, -0.15) is 0 Å². The zero-order valence-electron chi connectivity index (χ0n) is 20.1. The highest BCUT2D eigenvalue weighted by atomic mass is 79.9. The summed E-state index contributed by atoms with van der Waals surface area (Å²) in [5.41, 5.74) is 0.716. The summed E-state index contributed by atoms with van der Waals surface area (Å²) in [6.07, 6.45) is 0.946. The summed E-state index contributed by atoms with van der Waals surface area (Å²) in [4.78, 5) is 43.1. The van der Waals surface area contributed by atoms with Gasteiger partial charge in [-0.3, -0.25) is 20.2 Å². The maximum absolute atomic E-state index is 11.4. The molecule has 0 unspecified atom stereocenters. The Hall–Kier alpha value is -3.42. The smallest absolute Gasteiger partial charge is 0.344 e. The van der Waals surface area contributed by atoms with E-state index in [9.17, 15) is 29.8 Å². The average Bonchev–Trinajstić information content (AvgIpc) is 2.89. The molecule has 0 N–H and O–H groups in total. The normalized spacial score (nSPS) is 10.1. The van der Waals surface area contributed by atoms with Crippen molar-refractivity contribution in [3.8, 4) is 0 Å². The van der Waals surface area contributed by atoms with E-state index < -0.39 is 21.8 Å². The fraction of sp³-hybridized carbons (Fsp3) is 0.391. The van der Waals surface area contributed by atoms with Gasteiger partial charge < -0.3 is 18.9 Å². The van der Waals surface area contributed by atoms with E-state index in [1.54, 1.807) is 12.1 Å². The molecular weight excluding hydrogens is 544 g/mol. The molecular formula is C23H27BrN2O10. The third kappa shape index (κ3) is 9.68. The second kappa shape index (κ2) is 16.3. The maximum Gasteiger partial charge on any atom is 0.344 e. The first-order chi connectivity index (χ1) is 17.2. The van der Waals surface area contributed by atoms with Gasteiger partial charge in [-0.15, -0.1) is 0 Å². The number of alkyl halides is 1. The lowest BCUT2D eigenvalue weighted by atomic mass is 10.1. The van der Waals surface area contributed by atoms with Crippen LogP contribution >= 0.6 is 15.9 Å². The summed E-state index contributed by atoms with van der Waals surface area (Å²) in [7, 11) is 2.36. The first-order valence-electron chi connectivity index (χ1n) is 10.6. The van der Waals surface area contributed by atoms with Gasteiger partial charge in [0.2, 0.25) is 0 Å². The van der Waals surface area contributed by atoms with E-state index in [0.717, 1.165) is 12.0 Å². The Morgan fingerprint density at radius 2 is 1.28 bits per heavy atom. The van der Waals surface area contributed by atoms with Crippen molar-refractivity contribution in [2.24, 2.45) is 0 Å². The van der Waals surface area contributed by atoms with Crippen molar-refractivity contribution < 1.29 is 38.4 Å². The number of ether oxygens (including phenoxy) is 4. The minimum Gasteiger partial charge on any atom is -0.465 e. The van der Waals surface area contributed by atoms with Crippen LogP contribution in [0.1, 0.15) is 45.2 Å². The number of hydrogen-bond acceptors (Lipinski definition) is 10. The highest BCUT2D eigenvalue weighted by molar-refractivity contribution is 9.08. The number of methoxy groups -OCH3 is 2. The first kappa shape index (κ1) is 30.6. The van der Waals surface area contributed by atoms with Gasteiger partial charge in [0.15, 0.2) is 0 Å². The molecule has 0 aliphatic carbocycles. The van der Waals surface area contributed by atoms with Crippen LogP contribution in [0.25, 0.3) is 0 Å². The molecule has 0 atom stereocenters. The SMILES string of the molecule is CCCOCCOCc1ccc(C(=O)OC)c([N+](=O)[O-])c1.COC(=O)c1ccc(CBr)cc1[N+](=O)[O-]. The number of nitro groups is 2. The molecule has 0 aliphatic rings. The van der Waals surface area contributed by atoms with Crippen molar-refractivity contribution in [3.05, 3.63) is 78.9 Å². The number of carbonyl (C=O) groups excluding carboxylic acids is 2. The lowest BCUT2D eigenvalue weighted by Crippen LogP contribution is -2.08. The molecule has 12 nitrogen and oxygen atoms in total. The summed E-state index contributed by atoms with van der Waals surface area (Å²) < 4.78 is 19.6. The molecule has 0 aromatic heterocycles. The van der Waals surface area contributed by atoms with Gasteiger partial charge >= 0.3 is 11.9 Å². The molecule has 0 radical (unpaired) electrons. The van der Waals surface area contributed by atoms with Crippen LogP contribution in [0.4, 0.5) is 11.4 Å². The molecule has 13 heteroatoms. The van der Waals surface area contributed by atoms with Gasteiger partial charge in [-0.1, -0.05) is 35.0 Å². The van der Waals surface area contributed by atoms with Crippen molar-refractivity contribution in [1.82, 2.24) is 0 Å². The molecule has 196 valence electrons. The highest BCUT2D eigenvalue weighted by Crippen LogP contribution is 2.23. The van der Waals surface area contributed by atoms with Crippen molar-refractivity contribution in [2.75, 3.05) is 34.0 Å². The number of esters is 2. The molecule has 0 aliphatic heterocycles. The highest BCUT2D eigenvalue weighted by Gasteiger charge is 2.22. The minimum atomic E-state index is -0.734. The summed E-state index contributed by atoms with van der Waals surface area (Å²) in [6.45, 7) is 3.81. The summed E-state index contributed by atoms with van der Waals surface area (Å²) >= 11 is 3.18. The Balaban J connectivity index is 0.000000381. The van der Waals surface area contributed by atoms with Crippen LogP contribution in [0, 0.1) is 20.2 Å². The predicted molar refractivity (Wildman–Crippen MR) is 132 cm³/mol. The molecule has 0 saturated carbocycles. The standard InChI is InChI=1S/C14H19NO6.C9H8BrNO4/c1-3-6-20-7-8-21-10-11-4-5-12(14(16)19-2)13(9-11)15(17)18;1-15-9(12)7-3-2-6(5-10)4-8(7)11(13)14/h4-5,9H,3,6-8,10H2,1-2H3;2-4H,5H2,1H3. The Morgan fingerprint density at radius 3 is 1.72 bits per heavy atom. The molecule has 0 heterocycles. The van der Waals surface area contributed by atoms with Gasteiger partial charge in [0, 0.05) is 24.1 Å². The number of benzene rings is 2. The molecule has 2 rings (SSSR count). The second-order valence-electron chi connectivity index (χ2n) is 7.00. The van der Waals surface area contributed by atoms with Crippen molar-refractivity contribution >= 4 is 39.2 Å². The van der Waals surface area contributed by atoms with Gasteiger partial charge in [0.25, 0.3) is 11.4 Å². The molecule has 0 amide bonds. The second-order valence-corrected chi connectivity index (χ2v) is 7.56. The monoisotopic (exact) mass is 570 g/mol. The Labute approximate surface area is 215 Å². The summed E-state index contributed by atoms with van der Waals surface area (Å²) in [5, 5.41) is 22.2. The van der Waals surface area contributed by atoms with Crippen LogP contribution in [0.3, 0.4) is 0 Å². The van der Waals surface area contributed by atoms with E-state index in [4.69, 9.17) is 9.47 Å². The number of rotatable bonds is 12. The number of nitro benzene ring substituents is 2. The van der Waals surface area contributed by atoms with E-state index in [0.29, 0.717) is 30.7 Å². The zero-order valence-corrected chi connectivity index (χ0v) is 21.6. The number of halogens is 1. The Kier molecular flexibility index (Phi) is 13.8. The molecule has 36 heavy (non-hydrogen) atoms. The van der Waals surface area contributed by atoms with Crippen LogP contribution < -0.4 is 0 Å². The van der Waals surface area contributed by atoms with Gasteiger partial charge in [-0.25, -0.2) is 9.59 Å². The van der Waals surface area contributed by atoms with Crippen molar-refractivity contribution in [2.45, 2.75) is 25.3 Å². The quantitative estimate of drug-likeness (QED) is 0.116. The zero-order chi connectivity index (χ0) is 27.1. The van der Waals surface area contributed by atoms with E-state index in [2.05, 4.69) is 25.4 Å². The van der Waals surface area contributed by atoms with Gasteiger partial charge in [-0.05, 0) is 29.7 Å². The molecule has 2 aromatic carbocycles. The van der Waals surface area contributed by atoms with E-state index >= 15 is 0 Å². The lowest BCUT2D eigenvalue weighted by Gasteiger charge is -2.06. The van der Waals surface area contributed by atoms with Crippen LogP contribution in [0.2, 0.25) is 0 Å². The summed E-state index contributed by atoms with van der Waals surface area (Å²) in [5.74, 6) is -1.44. The van der Waals surface area contributed by atoms with Gasteiger partial charge in [0.1, 0.15) is 11.1 Å². The topological polar surface area (TPSA) is 157 Å². The molecule has 0 bridgehead atoms. The minimum absolute atomic E-state index is 0.0350. The summed E-state index contributed by atoms with van der Waals surface area (Å²) in [6, 6.07) is 8.66. The van der Waals surface area contributed by atoms with Crippen molar-refractivity contribution in [1.29, 1.82) is 0 Å². The van der Waals surface area contributed by atoms with E-state index in [1.165, 1.54) is 38.5 Å². The molecule has 0 saturated heterocycles. The third-order valence-corrected chi connectivity index (χ3v) is 5.12. The van der Waals surface area contributed by atoms with E-state index in [1.807, 2.05) is 6.92 Å². The van der Waals surface area contributed by atoms with Crippen molar-refractivity contribution in [3.63, 3.8) is 0 Å². The lowest BCUT2D eigenvalue weighted by molar-refractivity contribution is -0.385. The van der Waals surface area contributed by atoms with Crippen LogP contribution in [-0.4, -0.2) is 55.8 Å². The van der Waals surface area contributed by atoms with Crippen LogP contribution in [-0.2, 0) is 30.9 Å². The molecule has 2 aromatic rings. The maximum atomic E-state index is 11.4.